The van der Waals surface area contributed by atoms with Gasteiger partial charge in [-0.3, -0.25) is 4.79 Å². The lowest BCUT2D eigenvalue weighted by atomic mass is 10.1. The van der Waals surface area contributed by atoms with Gasteiger partial charge in [-0.15, -0.1) is 11.3 Å². The Hall–Kier alpha value is -2.46. The predicted molar refractivity (Wildman–Crippen MR) is 137 cm³/mol. The SMILES string of the molecule is CN1CCN(CCCNc2ncc(Cl)c(-c3cc4c(C(=O)NC5CC5)ccc(O)c4s3)n2)CC1. The van der Waals surface area contributed by atoms with E-state index in [2.05, 4.69) is 37.4 Å². The molecule has 1 saturated carbocycles. The molecule has 1 aliphatic heterocycles. The van der Waals surface area contributed by atoms with Crippen LogP contribution in [0.25, 0.3) is 20.7 Å². The van der Waals surface area contributed by atoms with Crippen molar-refractivity contribution in [3.8, 4) is 16.3 Å². The Labute approximate surface area is 207 Å². The van der Waals surface area contributed by atoms with Crippen molar-refractivity contribution in [2.75, 3.05) is 51.6 Å². The fraction of sp³-hybridized carbons (Fsp3) is 0.458. The summed E-state index contributed by atoms with van der Waals surface area (Å²) in [5.74, 6) is 0.543. The van der Waals surface area contributed by atoms with E-state index in [1.165, 1.54) is 11.3 Å². The van der Waals surface area contributed by atoms with Crippen molar-refractivity contribution >= 4 is 44.9 Å². The number of benzene rings is 1. The van der Waals surface area contributed by atoms with Gasteiger partial charge in [-0.2, -0.15) is 0 Å². The number of carbonyl (C=O) groups is 1. The topological polar surface area (TPSA) is 93.6 Å². The number of anilines is 1. The van der Waals surface area contributed by atoms with E-state index < -0.39 is 0 Å². The van der Waals surface area contributed by atoms with Crippen LogP contribution >= 0.6 is 22.9 Å². The number of phenols is 1. The van der Waals surface area contributed by atoms with Crippen molar-refractivity contribution in [2.24, 2.45) is 0 Å². The van der Waals surface area contributed by atoms with Crippen molar-refractivity contribution in [1.82, 2.24) is 25.1 Å². The fourth-order valence-corrected chi connectivity index (χ4v) is 5.46. The van der Waals surface area contributed by atoms with E-state index in [-0.39, 0.29) is 17.7 Å². The summed E-state index contributed by atoms with van der Waals surface area (Å²) in [5, 5.41) is 17.9. The molecule has 1 amide bonds. The quantitative estimate of drug-likeness (QED) is 0.406. The Morgan fingerprint density at radius 1 is 1.26 bits per heavy atom. The van der Waals surface area contributed by atoms with Crippen LogP contribution in [-0.4, -0.2) is 83.1 Å². The van der Waals surface area contributed by atoms with Gasteiger partial charge in [0.2, 0.25) is 5.95 Å². The van der Waals surface area contributed by atoms with Gasteiger partial charge in [-0.1, -0.05) is 11.6 Å². The van der Waals surface area contributed by atoms with Crippen LogP contribution in [-0.2, 0) is 0 Å². The third kappa shape index (κ3) is 5.27. The Balaban J connectivity index is 1.30. The number of carbonyl (C=O) groups excluding carboxylic acids is 1. The molecule has 1 saturated heterocycles. The number of fused-ring (bicyclic) bond motifs is 1. The summed E-state index contributed by atoms with van der Waals surface area (Å²) in [5.41, 5.74) is 1.14. The second-order valence-electron chi connectivity index (χ2n) is 9.05. The van der Waals surface area contributed by atoms with Crippen LogP contribution in [0, 0.1) is 0 Å². The maximum Gasteiger partial charge on any atom is 0.252 e. The van der Waals surface area contributed by atoms with Crippen LogP contribution in [0.5, 0.6) is 5.75 Å². The van der Waals surface area contributed by atoms with Gasteiger partial charge >= 0.3 is 0 Å². The van der Waals surface area contributed by atoms with E-state index in [4.69, 9.17) is 11.6 Å². The fourth-order valence-electron chi connectivity index (χ4n) is 4.11. The monoisotopic (exact) mass is 500 g/mol. The van der Waals surface area contributed by atoms with Crippen molar-refractivity contribution in [1.29, 1.82) is 0 Å². The molecule has 0 unspecified atom stereocenters. The lowest BCUT2D eigenvalue weighted by molar-refractivity contribution is 0.0953. The number of amides is 1. The molecule has 0 bridgehead atoms. The number of halogens is 1. The second-order valence-corrected chi connectivity index (χ2v) is 10.5. The molecule has 3 N–H and O–H groups in total. The molecule has 1 aromatic carbocycles. The normalized spacial score (nSPS) is 17.2. The number of nitrogens with one attached hydrogen (secondary N) is 2. The van der Waals surface area contributed by atoms with Gasteiger partial charge in [0, 0.05) is 49.7 Å². The highest BCUT2D eigenvalue weighted by Crippen LogP contribution is 2.41. The van der Waals surface area contributed by atoms with Gasteiger partial charge < -0.3 is 25.5 Å². The molecule has 10 heteroatoms. The number of phenolic OH excluding ortho intramolecular Hbond substituents is 1. The molecule has 34 heavy (non-hydrogen) atoms. The van der Waals surface area contributed by atoms with Crippen molar-refractivity contribution in [2.45, 2.75) is 25.3 Å². The van der Waals surface area contributed by atoms with Gasteiger partial charge in [0.1, 0.15) is 11.4 Å². The summed E-state index contributed by atoms with van der Waals surface area (Å²) in [4.78, 5) is 27.3. The zero-order valence-corrected chi connectivity index (χ0v) is 20.8. The van der Waals surface area contributed by atoms with Crippen LogP contribution in [0.2, 0.25) is 5.02 Å². The molecule has 3 heterocycles. The first-order chi connectivity index (χ1) is 16.5. The summed E-state index contributed by atoms with van der Waals surface area (Å²) in [6.45, 7) is 6.27. The van der Waals surface area contributed by atoms with Crippen molar-refractivity contribution in [3.63, 3.8) is 0 Å². The third-order valence-corrected chi connectivity index (χ3v) is 7.77. The van der Waals surface area contributed by atoms with Crippen molar-refractivity contribution in [3.05, 3.63) is 35.0 Å². The minimum absolute atomic E-state index is 0.117. The van der Waals surface area contributed by atoms with Gasteiger partial charge in [0.15, 0.2) is 0 Å². The lowest BCUT2D eigenvalue weighted by Crippen LogP contribution is -2.44. The van der Waals surface area contributed by atoms with Crippen LogP contribution in [0.3, 0.4) is 0 Å². The molecule has 0 radical (unpaired) electrons. The number of rotatable bonds is 8. The van der Waals surface area contributed by atoms with Gasteiger partial charge in [-0.05, 0) is 51.1 Å². The summed E-state index contributed by atoms with van der Waals surface area (Å²) in [6, 6.07) is 5.38. The first kappa shape index (κ1) is 23.3. The smallest absolute Gasteiger partial charge is 0.252 e. The number of aromatic hydroxyl groups is 1. The first-order valence-electron chi connectivity index (χ1n) is 11.7. The Kier molecular flexibility index (Phi) is 6.87. The standard InChI is InChI=1S/C24H29ClN6O2S/c1-30-9-11-31(12-10-30)8-2-7-26-24-27-14-18(25)21(29-24)20-13-17-16(23(33)28-15-3-4-15)5-6-19(32)22(17)34-20/h5-6,13-15,32H,2-4,7-12H2,1H3,(H,28,33)(H,26,27,29). The van der Waals surface area contributed by atoms with E-state index in [9.17, 15) is 9.90 Å². The van der Waals surface area contributed by atoms with Gasteiger partial charge in [-0.25, -0.2) is 9.97 Å². The molecule has 2 aromatic heterocycles. The molecule has 2 aliphatic rings. The van der Waals surface area contributed by atoms with E-state index in [0.717, 1.165) is 63.4 Å². The minimum Gasteiger partial charge on any atom is -0.506 e. The summed E-state index contributed by atoms with van der Waals surface area (Å²) >= 11 is 7.82. The number of piperazine rings is 1. The highest BCUT2D eigenvalue weighted by atomic mass is 35.5. The average Bonchev–Trinajstić information content (AvgIpc) is 3.53. The highest BCUT2D eigenvalue weighted by molar-refractivity contribution is 7.22. The van der Waals surface area contributed by atoms with E-state index in [1.807, 2.05) is 6.07 Å². The predicted octanol–water partition coefficient (Wildman–Crippen LogP) is 3.66. The molecule has 0 atom stereocenters. The Bertz CT molecular complexity index is 1190. The van der Waals surface area contributed by atoms with Crippen LogP contribution in [0.1, 0.15) is 29.6 Å². The molecule has 1 aliphatic carbocycles. The van der Waals surface area contributed by atoms with Crippen LogP contribution in [0.4, 0.5) is 5.95 Å². The molecule has 3 aromatic rings. The third-order valence-electron chi connectivity index (χ3n) is 6.33. The summed E-state index contributed by atoms with van der Waals surface area (Å²) in [6.07, 6.45) is 4.63. The molecule has 2 fully saturated rings. The number of hydrogen-bond donors (Lipinski definition) is 3. The largest absolute Gasteiger partial charge is 0.506 e. The number of likely N-dealkylation sites (N-methyl/N-ethyl adjacent to an activating group) is 1. The molecule has 0 spiro atoms. The van der Waals surface area contributed by atoms with E-state index >= 15 is 0 Å². The summed E-state index contributed by atoms with van der Waals surface area (Å²) in [7, 11) is 2.16. The first-order valence-corrected chi connectivity index (χ1v) is 12.9. The number of thiophene rings is 1. The second kappa shape index (κ2) is 10.0. The summed E-state index contributed by atoms with van der Waals surface area (Å²) < 4.78 is 0.648. The van der Waals surface area contributed by atoms with Gasteiger partial charge in [0.25, 0.3) is 5.91 Å². The zero-order valence-electron chi connectivity index (χ0n) is 19.2. The molecule has 180 valence electrons. The zero-order chi connectivity index (χ0) is 23.7. The highest BCUT2D eigenvalue weighted by Gasteiger charge is 2.25. The van der Waals surface area contributed by atoms with Gasteiger partial charge in [0.05, 0.1) is 20.8 Å². The van der Waals surface area contributed by atoms with E-state index in [0.29, 0.717) is 32.3 Å². The number of hydrogen-bond acceptors (Lipinski definition) is 8. The lowest BCUT2D eigenvalue weighted by Gasteiger charge is -2.32. The van der Waals surface area contributed by atoms with Crippen LogP contribution < -0.4 is 10.6 Å². The maximum absolute atomic E-state index is 12.7. The number of nitrogens with zero attached hydrogens (tertiary/aromatic N) is 4. The molecular weight excluding hydrogens is 472 g/mol. The average molecular weight is 501 g/mol. The maximum atomic E-state index is 12.7. The van der Waals surface area contributed by atoms with Crippen molar-refractivity contribution < 1.29 is 9.90 Å². The molecular formula is C24H29ClN6O2S. The number of aromatic nitrogens is 2. The Morgan fingerprint density at radius 2 is 2.06 bits per heavy atom. The minimum atomic E-state index is -0.117. The molecule has 5 rings (SSSR count). The van der Waals surface area contributed by atoms with Crippen LogP contribution in [0.15, 0.2) is 24.4 Å². The van der Waals surface area contributed by atoms with E-state index in [1.54, 1.807) is 18.3 Å². The molecule has 8 nitrogen and oxygen atoms in total. The Morgan fingerprint density at radius 3 is 2.82 bits per heavy atom.